The number of carbonyl (C=O) groups is 1. The summed E-state index contributed by atoms with van der Waals surface area (Å²) in [4.78, 5) is 26.5. The molecule has 0 aromatic heterocycles. The van der Waals surface area contributed by atoms with Gasteiger partial charge in [-0.1, -0.05) is 0 Å². The number of nitrogens with one attached hydrogen (secondary N) is 1. The van der Waals surface area contributed by atoms with Gasteiger partial charge in [0.15, 0.2) is 0 Å². The number of ether oxygens (including phenoxy) is 2. The van der Waals surface area contributed by atoms with E-state index in [2.05, 4.69) is 10.3 Å². The fourth-order valence-corrected chi connectivity index (χ4v) is 2.14. The number of methoxy groups -OCH3 is 2. The Labute approximate surface area is 126 Å². The van der Waals surface area contributed by atoms with Crippen molar-refractivity contribution in [2.24, 2.45) is 4.99 Å². The van der Waals surface area contributed by atoms with E-state index in [0.29, 0.717) is 16.8 Å². The Morgan fingerprint density at radius 3 is 2.45 bits per heavy atom. The Kier molecular flexibility index (Phi) is 4.40. The molecule has 22 heavy (non-hydrogen) atoms. The van der Waals surface area contributed by atoms with Gasteiger partial charge in [-0.25, -0.2) is 9.79 Å². The number of benzene rings is 1. The number of hydrogen-bond acceptors (Lipinski definition) is 7. The second-order valence-corrected chi connectivity index (χ2v) is 4.54. The fourth-order valence-electron chi connectivity index (χ4n) is 2.14. The van der Waals surface area contributed by atoms with Crippen LogP contribution in [0.15, 0.2) is 40.5 Å². The number of nitro benzene ring substituents is 1. The third kappa shape index (κ3) is 2.90. The topological polar surface area (TPSA) is 103 Å². The molecule has 0 bridgehead atoms. The van der Waals surface area contributed by atoms with Crippen LogP contribution in [0, 0.1) is 10.1 Å². The number of rotatable bonds is 3. The number of amidine groups is 1. The average molecular weight is 305 g/mol. The summed E-state index contributed by atoms with van der Waals surface area (Å²) in [6, 6.07) is 5.45. The number of esters is 1. The molecule has 0 fully saturated rings. The zero-order chi connectivity index (χ0) is 16.3. The van der Waals surface area contributed by atoms with Crippen LogP contribution in [-0.2, 0) is 14.3 Å². The molecular formula is C14H15N3O5. The smallest absolute Gasteiger partial charge is 0.338 e. The number of allylic oxidation sites excluding steroid dienone is 1. The van der Waals surface area contributed by atoms with Gasteiger partial charge >= 0.3 is 5.97 Å². The van der Waals surface area contributed by atoms with Gasteiger partial charge in [-0.3, -0.25) is 10.1 Å². The van der Waals surface area contributed by atoms with Crippen LogP contribution in [0.3, 0.4) is 0 Å². The summed E-state index contributed by atoms with van der Waals surface area (Å²) in [7, 11) is 2.74. The van der Waals surface area contributed by atoms with E-state index in [9.17, 15) is 14.9 Å². The van der Waals surface area contributed by atoms with E-state index in [1.165, 1.54) is 26.4 Å². The highest BCUT2D eigenvalue weighted by Crippen LogP contribution is 2.32. The van der Waals surface area contributed by atoms with E-state index in [1.807, 2.05) is 0 Å². The third-order valence-corrected chi connectivity index (χ3v) is 3.24. The van der Waals surface area contributed by atoms with E-state index in [1.54, 1.807) is 19.1 Å². The quantitative estimate of drug-likeness (QED) is 0.518. The summed E-state index contributed by atoms with van der Waals surface area (Å²) in [5, 5.41) is 13.6. The minimum atomic E-state index is -0.649. The standard InChI is InChI=1S/C14H15N3O5/c1-8-11(13(18)21-2)12(16-14(15-8)22-3)9-4-6-10(7-5-9)17(19)20/h4-7,12H,1-3H3,(H,15,16)/t12-/m0/s1. The van der Waals surface area contributed by atoms with Crippen LogP contribution in [0.25, 0.3) is 0 Å². The Morgan fingerprint density at radius 2 is 1.95 bits per heavy atom. The lowest BCUT2D eigenvalue weighted by Crippen LogP contribution is -2.32. The second kappa shape index (κ2) is 6.25. The molecule has 0 spiro atoms. The maximum absolute atomic E-state index is 12.0. The molecule has 1 aliphatic heterocycles. The molecule has 1 N–H and O–H groups in total. The zero-order valence-corrected chi connectivity index (χ0v) is 12.3. The Morgan fingerprint density at radius 1 is 1.32 bits per heavy atom. The van der Waals surface area contributed by atoms with Crippen molar-refractivity contribution in [1.82, 2.24) is 5.32 Å². The van der Waals surface area contributed by atoms with E-state index in [-0.39, 0.29) is 11.7 Å². The van der Waals surface area contributed by atoms with Gasteiger partial charge in [0.05, 0.1) is 24.7 Å². The zero-order valence-electron chi connectivity index (χ0n) is 12.3. The lowest BCUT2D eigenvalue weighted by Gasteiger charge is -2.24. The lowest BCUT2D eigenvalue weighted by molar-refractivity contribution is -0.384. The number of nitrogens with zero attached hydrogens (tertiary/aromatic N) is 2. The van der Waals surface area contributed by atoms with E-state index < -0.39 is 16.9 Å². The molecule has 0 saturated heterocycles. The van der Waals surface area contributed by atoms with Gasteiger partial charge in [0.25, 0.3) is 11.7 Å². The first-order chi connectivity index (χ1) is 10.5. The molecule has 0 aliphatic carbocycles. The summed E-state index contributed by atoms with van der Waals surface area (Å²) in [6.45, 7) is 1.71. The summed E-state index contributed by atoms with van der Waals surface area (Å²) < 4.78 is 9.87. The van der Waals surface area contributed by atoms with E-state index in [4.69, 9.17) is 9.47 Å². The first kappa shape index (κ1) is 15.5. The van der Waals surface area contributed by atoms with E-state index in [0.717, 1.165) is 0 Å². The maximum Gasteiger partial charge on any atom is 0.338 e. The van der Waals surface area contributed by atoms with Crippen molar-refractivity contribution in [3.05, 3.63) is 51.2 Å². The third-order valence-electron chi connectivity index (χ3n) is 3.24. The normalized spacial score (nSPS) is 17.4. The van der Waals surface area contributed by atoms with Gasteiger partial charge in [0.2, 0.25) is 0 Å². The van der Waals surface area contributed by atoms with Crippen molar-refractivity contribution in [3.63, 3.8) is 0 Å². The maximum atomic E-state index is 12.0. The first-order valence-corrected chi connectivity index (χ1v) is 6.40. The number of hydrogen-bond donors (Lipinski definition) is 1. The van der Waals surface area contributed by atoms with Gasteiger partial charge in [-0.05, 0) is 24.6 Å². The van der Waals surface area contributed by atoms with Gasteiger partial charge in [-0.15, -0.1) is 0 Å². The van der Waals surface area contributed by atoms with Crippen LogP contribution in [-0.4, -0.2) is 31.1 Å². The predicted octanol–water partition coefficient (Wildman–Crippen LogP) is 1.69. The molecule has 1 atom stereocenters. The van der Waals surface area contributed by atoms with Crippen molar-refractivity contribution in [2.75, 3.05) is 14.2 Å². The van der Waals surface area contributed by atoms with Crippen LogP contribution in [0.2, 0.25) is 0 Å². The highest BCUT2D eigenvalue weighted by Gasteiger charge is 2.30. The van der Waals surface area contributed by atoms with E-state index >= 15 is 0 Å². The van der Waals surface area contributed by atoms with Crippen LogP contribution in [0.4, 0.5) is 5.69 Å². The SMILES string of the molecule is COC(=O)C1=C(C)NC(OC)=N[C@H]1c1ccc([N+](=O)[O-])cc1. The van der Waals surface area contributed by atoms with Crippen LogP contribution >= 0.6 is 0 Å². The molecule has 8 heteroatoms. The van der Waals surface area contributed by atoms with Crippen molar-refractivity contribution >= 4 is 17.7 Å². The van der Waals surface area contributed by atoms with Crippen molar-refractivity contribution in [3.8, 4) is 0 Å². The number of aliphatic imine (C=N–C) groups is 1. The molecule has 1 aromatic carbocycles. The molecular weight excluding hydrogens is 290 g/mol. The molecule has 2 rings (SSSR count). The van der Waals surface area contributed by atoms with Crippen molar-refractivity contribution < 1.29 is 19.2 Å². The molecule has 1 heterocycles. The lowest BCUT2D eigenvalue weighted by atomic mass is 9.96. The van der Waals surface area contributed by atoms with Crippen molar-refractivity contribution in [2.45, 2.75) is 13.0 Å². The molecule has 0 radical (unpaired) electrons. The monoisotopic (exact) mass is 305 g/mol. The predicted molar refractivity (Wildman–Crippen MR) is 78.1 cm³/mol. The first-order valence-electron chi connectivity index (χ1n) is 6.40. The summed E-state index contributed by atoms with van der Waals surface area (Å²) in [6.07, 6.45) is 0. The van der Waals surface area contributed by atoms with Crippen LogP contribution < -0.4 is 5.32 Å². The minimum absolute atomic E-state index is 0.0334. The summed E-state index contributed by atoms with van der Waals surface area (Å²) in [5.74, 6) is -0.521. The average Bonchev–Trinajstić information content (AvgIpc) is 2.53. The summed E-state index contributed by atoms with van der Waals surface area (Å²) in [5.41, 5.74) is 1.48. The fraction of sp³-hybridized carbons (Fsp3) is 0.286. The molecule has 1 aromatic rings. The second-order valence-electron chi connectivity index (χ2n) is 4.54. The van der Waals surface area contributed by atoms with Crippen LogP contribution in [0.5, 0.6) is 0 Å². The highest BCUT2D eigenvalue weighted by atomic mass is 16.6. The Bertz CT molecular complexity index is 664. The summed E-state index contributed by atoms with van der Waals surface area (Å²) >= 11 is 0. The Balaban J connectivity index is 2.46. The molecule has 1 aliphatic rings. The van der Waals surface area contributed by atoms with Crippen LogP contribution in [0.1, 0.15) is 18.5 Å². The molecule has 0 amide bonds. The number of nitro groups is 1. The molecule has 0 unspecified atom stereocenters. The molecule has 8 nitrogen and oxygen atoms in total. The minimum Gasteiger partial charge on any atom is -0.468 e. The number of carbonyl (C=O) groups excluding carboxylic acids is 1. The van der Waals surface area contributed by atoms with Gasteiger partial charge < -0.3 is 14.8 Å². The molecule has 0 saturated carbocycles. The largest absolute Gasteiger partial charge is 0.468 e. The highest BCUT2D eigenvalue weighted by molar-refractivity contribution is 5.94. The van der Waals surface area contributed by atoms with Gasteiger partial charge in [0.1, 0.15) is 6.04 Å². The van der Waals surface area contributed by atoms with Gasteiger partial charge in [-0.2, -0.15) is 0 Å². The van der Waals surface area contributed by atoms with Gasteiger partial charge in [0, 0.05) is 17.8 Å². The molecule has 116 valence electrons. The number of non-ortho nitro benzene ring substituents is 1. The van der Waals surface area contributed by atoms with Crippen molar-refractivity contribution in [1.29, 1.82) is 0 Å². The Hall–Kier alpha value is -2.90.